The molecular weight excluding hydrogens is 574 g/mol. The predicted octanol–water partition coefficient (Wildman–Crippen LogP) is 3.87. The molecule has 0 radical (unpaired) electrons. The standard InChI is InChI=1S/C34H47N5O6/c1-5-7-8-15-21-44-32(43)28-27-30(41)38(19-13-9-10-14-20-40)29(34(27)22-24(3)33(28,4)45-34)31(42)37(18-6-2)23-39-26-17-12-11-16-25(26)35-36-39/h5-6,11-12,16-17,24,27-29,40H,1-2,7-10,13-15,18-23H2,3-4H3/t24?,27-,28+,29?,33-,34?/m0/s1. The second-order valence-electron chi connectivity index (χ2n) is 12.9. The topological polar surface area (TPSA) is 127 Å². The summed E-state index contributed by atoms with van der Waals surface area (Å²) in [6, 6.07) is 6.62. The molecule has 11 heteroatoms. The molecule has 0 saturated carbocycles. The van der Waals surface area contributed by atoms with Crippen LogP contribution in [0.5, 0.6) is 0 Å². The van der Waals surface area contributed by atoms with Gasteiger partial charge in [0.15, 0.2) is 0 Å². The minimum atomic E-state index is -1.16. The third-order valence-electron chi connectivity index (χ3n) is 10.0. The van der Waals surface area contributed by atoms with E-state index in [4.69, 9.17) is 9.47 Å². The van der Waals surface area contributed by atoms with E-state index in [1.807, 2.05) is 44.2 Å². The molecule has 1 aromatic carbocycles. The van der Waals surface area contributed by atoms with E-state index in [1.54, 1.807) is 20.6 Å². The van der Waals surface area contributed by atoms with E-state index in [9.17, 15) is 19.5 Å². The lowest BCUT2D eigenvalue weighted by atomic mass is 9.62. The molecule has 1 N–H and O–H groups in total. The molecule has 5 rings (SSSR count). The van der Waals surface area contributed by atoms with Crippen LogP contribution in [0.1, 0.15) is 65.2 Å². The fourth-order valence-electron chi connectivity index (χ4n) is 7.75. The Morgan fingerprint density at radius 1 is 1.16 bits per heavy atom. The van der Waals surface area contributed by atoms with E-state index >= 15 is 0 Å². The van der Waals surface area contributed by atoms with Gasteiger partial charge in [-0.25, -0.2) is 4.68 Å². The van der Waals surface area contributed by atoms with Crippen LogP contribution in [0.25, 0.3) is 11.0 Å². The van der Waals surface area contributed by atoms with Crippen LogP contribution in [0.15, 0.2) is 49.6 Å². The number of para-hydroxylation sites is 1. The van der Waals surface area contributed by atoms with Gasteiger partial charge >= 0.3 is 5.97 Å². The zero-order chi connectivity index (χ0) is 32.2. The highest BCUT2D eigenvalue weighted by atomic mass is 16.6. The molecule has 3 aliphatic rings. The number of aliphatic hydroxyl groups is 1. The predicted molar refractivity (Wildman–Crippen MR) is 168 cm³/mol. The molecule has 1 aromatic heterocycles. The summed E-state index contributed by atoms with van der Waals surface area (Å²) in [5.41, 5.74) is -0.596. The van der Waals surface area contributed by atoms with Gasteiger partial charge in [-0.15, -0.1) is 18.3 Å². The Labute approximate surface area is 265 Å². The number of likely N-dealkylation sites (tertiary alicyclic amines) is 1. The Kier molecular flexibility index (Phi) is 10.1. The average Bonchev–Trinajstić information content (AvgIpc) is 3.70. The van der Waals surface area contributed by atoms with Crippen LogP contribution in [-0.4, -0.2) is 91.2 Å². The van der Waals surface area contributed by atoms with Crippen molar-refractivity contribution >= 4 is 28.8 Å². The molecule has 2 amide bonds. The lowest BCUT2D eigenvalue weighted by Crippen LogP contribution is -2.56. The third kappa shape index (κ3) is 5.92. The number of rotatable bonds is 17. The minimum Gasteiger partial charge on any atom is -0.465 e. The monoisotopic (exact) mass is 621 g/mol. The number of hydrogen-bond acceptors (Lipinski definition) is 8. The molecule has 2 bridgehead atoms. The molecule has 3 fully saturated rings. The molecule has 3 aliphatic heterocycles. The van der Waals surface area contributed by atoms with E-state index < -0.39 is 35.0 Å². The fraction of sp³-hybridized carbons (Fsp3) is 0.618. The number of carbonyl (C=O) groups is 3. The number of esters is 1. The Morgan fingerprint density at radius 2 is 1.93 bits per heavy atom. The van der Waals surface area contributed by atoms with Crippen molar-refractivity contribution in [2.75, 3.05) is 26.3 Å². The molecule has 3 saturated heterocycles. The Hall–Kier alpha value is -3.57. The lowest BCUT2D eigenvalue weighted by Gasteiger charge is -2.37. The molecule has 3 unspecified atom stereocenters. The number of fused-ring (bicyclic) bond motifs is 2. The number of benzene rings is 1. The number of amides is 2. The highest BCUT2D eigenvalue weighted by Crippen LogP contribution is 2.65. The summed E-state index contributed by atoms with van der Waals surface area (Å²) in [6.07, 6.45) is 9.35. The first kappa shape index (κ1) is 32.8. The summed E-state index contributed by atoms with van der Waals surface area (Å²) >= 11 is 0. The smallest absolute Gasteiger partial charge is 0.312 e. The van der Waals surface area contributed by atoms with Gasteiger partial charge in [-0.05, 0) is 63.5 Å². The van der Waals surface area contributed by atoms with E-state index in [0.29, 0.717) is 37.7 Å². The quantitative estimate of drug-likeness (QED) is 0.160. The Balaban J connectivity index is 1.47. The van der Waals surface area contributed by atoms with Crippen LogP contribution >= 0.6 is 0 Å². The van der Waals surface area contributed by atoms with E-state index in [2.05, 4.69) is 23.5 Å². The molecule has 4 heterocycles. The van der Waals surface area contributed by atoms with Crippen molar-refractivity contribution in [1.29, 1.82) is 0 Å². The van der Waals surface area contributed by atoms with Crippen LogP contribution < -0.4 is 0 Å². The van der Waals surface area contributed by atoms with Gasteiger partial charge < -0.3 is 24.4 Å². The highest BCUT2D eigenvalue weighted by Gasteiger charge is 2.80. The van der Waals surface area contributed by atoms with Gasteiger partial charge in [0.05, 0.1) is 23.6 Å². The number of unbranched alkanes of at least 4 members (excludes halogenated alkanes) is 5. The molecule has 11 nitrogen and oxygen atoms in total. The summed E-state index contributed by atoms with van der Waals surface area (Å²) in [5, 5.41) is 17.8. The number of carbonyl (C=O) groups excluding carboxylic acids is 3. The number of ether oxygens (including phenoxy) is 2. The van der Waals surface area contributed by atoms with Crippen LogP contribution in [0.2, 0.25) is 0 Å². The second kappa shape index (κ2) is 13.8. The van der Waals surface area contributed by atoms with Gasteiger partial charge in [0.1, 0.15) is 29.7 Å². The average molecular weight is 622 g/mol. The summed E-state index contributed by atoms with van der Waals surface area (Å²) in [7, 11) is 0. The summed E-state index contributed by atoms with van der Waals surface area (Å²) in [5.74, 6) is -2.64. The van der Waals surface area contributed by atoms with Gasteiger partial charge in [0.25, 0.3) is 0 Å². The Bertz CT molecular complexity index is 1410. The first-order valence-corrected chi connectivity index (χ1v) is 16.3. The van der Waals surface area contributed by atoms with E-state index in [-0.39, 0.29) is 44.2 Å². The van der Waals surface area contributed by atoms with Crippen molar-refractivity contribution in [2.45, 2.75) is 89.1 Å². The number of allylic oxidation sites excluding steroid dienone is 1. The molecule has 45 heavy (non-hydrogen) atoms. The first-order valence-electron chi connectivity index (χ1n) is 16.3. The highest BCUT2D eigenvalue weighted by molar-refractivity contribution is 5.98. The molecule has 1 spiro atoms. The lowest BCUT2D eigenvalue weighted by molar-refractivity contribution is -0.162. The summed E-state index contributed by atoms with van der Waals surface area (Å²) in [6.45, 7) is 12.6. The molecular formula is C34H47N5O6. The van der Waals surface area contributed by atoms with Gasteiger partial charge in [0, 0.05) is 19.7 Å². The van der Waals surface area contributed by atoms with Gasteiger partial charge in [0.2, 0.25) is 11.8 Å². The summed E-state index contributed by atoms with van der Waals surface area (Å²) < 4.78 is 14.3. The van der Waals surface area contributed by atoms with Crippen molar-refractivity contribution in [3.63, 3.8) is 0 Å². The fourth-order valence-corrected chi connectivity index (χ4v) is 7.75. The van der Waals surface area contributed by atoms with Crippen LogP contribution in [0, 0.1) is 17.8 Å². The molecule has 244 valence electrons. The van der Waals surface area contributed by atoms with E-state index in [1.165, 1.54) is 0 Å². The number of aliphatic hydroxyl groups excluding tert-OH is 1. The molecule has 0 aliphatic carbocycles. The first-order chi connectivity index (χ1) is 21.7. The van der Waals surface area contributed by atoms with Crippen molar-refractivity contribution in [2.24, 2.45) is 17.8 Å². The van der Waals surface area contributed by atoms with Gasteiger partial charge in [-0.2, -0.15) is 0 Å². The van der Waals surface area contributed by atoms with Crippen LogP contribution in [-0.2, 0) is 30.5 Å². The SMILES string of the molecule is C=CCCCCOC(=O)[C@H]1[C@H]2C(=O)N(CCCCCCO)C(C(=O)N(CC=C)Cn3nnc4ccccc43)C23CC(C)[C@]1(C)O3. The zero-order valence-corrected chi connectivity index (χ0v) is 26.6. The van der Waals surface area contributed by atoms with Crippen molar-refractivity contribution in [3.8, 4) is 0 Å². The Morgan fingerprint density at radius 3 is 2.69 bits per heavy atom. The normalized spacial score (nSPS) is 28.4. The summed E-state index contributed by atoms with van der Waals surface area (Å²) in [4.78, 5) is 46.2. The zero-order valence-electron chi connectivity index (χ0n) is 26.6. The van der Waals surface area contributed by atoms with Crippen molar-refractivity contribution in [3.05, 3.63) is 49.6 Å². The maximum atomic E-state index is 14.8. The maximum Gasteiger partial charge on any atom is 0.312 e. The van der Waals surface area contributed by atoms with Crippen LogP contribution in [0.3, 0.4) is 0 Å². The van der Waals surface area contributed by atoms with Crippen LogP contribution in [0.4, 0.5) is 0 Å². The number of nitrogens with zero attached hydrogens (tertiary/aromatic N) is 5. The second-order valence-corrected chi connectivity index (χ2v) is 12.9. The number of hydrogen-bond donors (Lipinski definition) is 1. The largest absolute Gasteiger partial charge is 0.465 e. The van der Waals surface area contributed by atoms with Gasteiger partial charge in [-0.1, -0.05) is 49.3 Å². The maximum absolute atomic E-state index is 14.8. The van der Waals surface area contributed by atoms with E-state index in [0.717, 1.165) is 31.2 Å². The van der Waals surface area contributed by atoms with Crippen molar-refractivity contribution < 1.29 is 29.0 Å². The minimum absolute atomic E-state index is 0.0771. The molecule has 2 aromatic rings. The third-order valence-corrected chi connectivity index (χ3v) is 10.0. The van der Waals surface area contributed by atoms with Crippen molar-refractivity contribution in [1.82, 2.24) is 24.8 Å². The number of aromatic nitrogens is 3. The van der Waals surface area contributed by atoms with Gasteiger partial charge in [-0.3, -0.25) is 14.4 Å². The molecule has 6 atom stereocenters.